The minimum Gasteiger partial charge on any atom is -0.459 e. The number of Topliss-reactive ketones (excluding diaryl/α,β-unsaturated/α-hetero) is 1. The fourth-order valence-electron chi connectivity index (χ4n) is 3.51. The van der Waals surface area contributed by atoms with Gasteiger partial charge < -0.3 is 19.7 Å². The monoisotopic (exact) mass is 638 g/mol. The zero-order valence-electron chi connectivity index (χ0n) is 22.2. The summed E-state index contributed by atoms with van der Waals surface area (Å²) in [6, 6.07) is 4.01. The standard InChI is InChI=1S/C24H29Cl3N4O8S/c1-12(32)17(21(36)38-11-24(25,26)27)31-19(35)16(20(31)40-13(2)33)28-18(34)15(14-9-7-6-8-10-14)29-30-22(37)39-23(3,4)5/h6-10,15-17,20,29H,11H2,1-5H3,(H,28,34)(H,30,37)/t15-,16?,17?,20?/m0/s1. The number of β-lactam (4-membered cyclic amide) rings is 1. The highest BCUT2D eigenvalue weighted by Gasteiger charge is 2.56. The number of rotatable bonds is 10. The summed E-state index contributed by atoms with van der Waals surface area (Å²) in [4.78, 5) is 76.5. The van der Waals surface area contributed by atoms with Crippen molar-refractivity contribution in [1.82, 2.24) is 21.1 Å². The van der Waals surface area contributed by atoms with E-state index in [1.165, 1.54) is 6.92 Å². The lowest BCUT2D eigenvalue weighted by atomic mass is 9.99. The van der Waals surface area contributed by atoms with E-state index in [9.17, 15) is 28.8 Å². The number of ketones is 1. The van der Waals surface area contributed by atoms with E-state index in [1.54, 1.807) is 51.1 Å². The van der Waals surface area contributed by atoms with Crippen LogP contribution in [0.2, 0.25) is 0 Å². The molecule has 1 heterocycles. The van der Waals surface area contributed by atoms with Gasteiger partial charge in [-0.1, -0.05) is 76.9 Å². The number of ether oxygens (including phenoxy) is 2. The molecule has 1 aliphatic heterocycles. The summed E-state index contributed by atoms with van der Waals surface area (Å²) in [5.74, 6) is -3.53. The Kier molecular flexibility index (Phi) is 11.6. The second kappa shape index (κ2) is 13.9. The van der Waals surface area contributed by atoms with Crippen molar-refractivity contribution in [2.24, 2.45) is 0 Å². The van der Waals surface area contributed by atoms with Crippen LogP contribution in [-0.2, 0) is 33.4 Å². The second-order valence-electron chi connectivity index (χ2n) is 9.58. The molecule has 4 atom stereocenters. The van der Waals surface area contributed by atoms with Crippen LogP contribution >= 0.6 is 46.6 Å². The van der Waals surface area contributed by atoms with Crippen LogP contribution in [0, 0.1) is 0 Å². The van der Waals surface area contributed by atoms with E-state index in [1.807, 2.05) is 0 Å². The van der Waals surface area contributed by atoms with Crippen molar-refractivity contribution in [2.75, 3.05) is 6.61 Å². The van der Waals surface area contributed by atoms with E-state index in [4.69, 9.17) is 44.3 Å². The number of halogens is 3. The summed E-state index contributed by atoms with van der Waals surface area (Å²) in [6.07, 6.45) is -0.852. The SMILES string of the molecule is CC(=O)SC1C(NC(=O)[C@@H](NNC(=O)OC(C)(C)C)c2ccccc2)C(=O)N1C(C(C)=O)C(=O)OCC(Cl)(Cl)Cl. The first-order valence-corrected chi connectivity index (χ1v) is 13.8. The first-order chi connectivity index (χ1) is 18.4. The molecule has 0 aliphatic carbocycles. The van der Waals surface area contributed by atoms with Gasteiger partial charge in [-0.2, -0.15) is 0 Å². The molecule has 220 valence electrons. The molecule has 0 bridgehead atoms. The quantitative estimate of drug-likeness (QED) is 0.114. The molecule has 0 radical (unpaired) electrons. The molecule has 0 aromatic heterocycles. The summed E-state index contributed by atoms with van der Waals surface area (Å²) in [7, 11) is 0. The van der Waals surface area contributed by atoms with E-state index < -0.39 is 74.3 Å². The normalized spacial score (nSPS) is 18.6. The average Bonchev–Trinajstić information content (AvgIpc) is 2.82. The number of nitrogens with one attached hydrogen (secondary N) is 3. The van der Waals surface area contributed by atoms with Crippen LogP contribution in [0.1, 0.15) is 46.2 Å². The molecule has 1 aromatic carbocycles. The zero-order chi connectivity index (χ0) is 30.4. The fourth-order valence-corrected chi connectivity index (χ4v) is 4.68. The Balaban J connectivity index is 2.27. The molecular formula is C24H29Cl3N4O8S. The zero-order valence-corrected chi connectivity index (χ0v) is 25.2. The third-order valence-corrected chi connectivity index (χ3v) is 6.44. The van der Waals surface area contributed by atoms with E-state index in [2.05, 4.69) is 16.2 Å². The summed E-state index contributed by atoms with van der Waals surface area (Å²) in [6.45, 7) is 6.56. The maximum atomic E-state index is 13.3. The number of esters is 1. The lowest BCUT2D eigenvalue weighted by Crippen LogP contribution is -2.74. The van der Waals surface area contributed by atoms with Gasteiger partial charge in [-0.25, -0.2) is 15.0 Å². The molecule has 16 heteroatoms. The molecule has 1 fully saturated rings. The van der Waals surface area contributed by atoms with Crippen LogP contribution < -0.4 is 16.2 Å². The topological polar surface area (TPSA) is 160 Å². The molecule has 0 saturated carbocycles. The number of hydrogen-bond acceptors (Lipinski definition) is 10. The number of benzene rings is 1. The fraction of sp³-hybridized carbons (Fsp3) is 0.500. The predicted molar refractivity (Wildman–Crippen MR) is 148 cm³/mol. The molecule has 1 saturated heterocycles. The van der Waals surface area contributed by atoms with Gasteiger partial charge in [-0.15, -0.1) is 0 Å². The summed E-state index contributed by atoms with van der Waals surface area (Å²) in [5.41, 5.74) is 4.50. The minimum atomic E-state index is -1.97. The smallest absolute Gasteiger partial charge is 0.422 e. The van der Waals surface area contributed by atoms with Crippen LogP contribution in [-0.4, -0.2) is 73.1 Å². The molecule has 12 nitrogen and oxygen atoms in total. The molecule has 3 unspecified atom stereocenters. The molecule has 40 heavy (non-hydrogen) atoms. The van der Waals surface area contributed by atoms with E-state index in [0.717, 1.165) is 11.8 Å². The van der Waals surface area contributed by atoms with E-state index >= 15 is 0 Å². The Morgan fingerprint density at radius 2 is 1.65 bits per heavy atom. The van der Waals surface area contributed by atoms with Crippen LogP contribution in [0.5, 0.6) is 0 Å². The first-order valence-electron chi connectivity index (χ1n) is 11.7. The predicted octanol–water partition coefficient (Wildman–Crippen LogP) is 2.56. The van der Waals surface area contributed by atoms with Gasteiger partial charge in [0.1, 0.15) is 29.7 Å². The molecule has 0 spiro atoms. The number of carbonyl (C=O) groups excluding carboxylic acids is 6. The summed E-state index contributed by atoms with van der Waals surface area (Å²) >= 11 is 17.4. The maximum Gasteiger partial charge on any atom is 0.422 e. The van der Waals surface area contributed by atoms with Gasteiger partial charge in [0.15, 0.2) is 16.9 Å². The largest absolute Gasteiger partial charge is 0.459 e. The first kappa shape index (κ1) is 33.6. The van der Waals surface area contributed by atoms with Crippen LogP contribution in [0.3, 0.4) is 0 Å². The maximum absolute atomic E-state index is 13.3. The number of nitrogens with zero attached hydrogens (tertiary/aromatic N) is 1. The van der Waals surface area contributed by atoms with Gasteiger partial charge >= 0.3 is 12.1 Å². The summed E-state index contributed by atoms with van der Waals surface area (Å²) < 4.78 is 8.11. The Labute approximate surface area is 250 Å². The summed E-state index contributed by atoms with van der Waals surface area (Å²) in [5, 5.41) is 0.931. The van der Waals surface area contributed by atoms with Crippen molar-refractivity contribution in [2.45, 2.75) is 67.5 Å². The van der Waals surface area contributed by atoms with Crippen LogP contribution in [0.15, 0.2) is 30.3 Å². The van der Waals surface area contributed by atoms with Crippen LogP contribution in [0.4, 0.5) is 4.79 Å². The number of hydrazine groups is 1. The highest BCUT2D eigenvalue weighted by Crippen LogP contribution is 2.34. The van der Waals surface area contributed by atoms with Crippen molar-refractivity contribution < 1.29 is 38.2 Å². The Bertz CT molecular complexity index is 1140. The van der Waals surface area contributed by atoms with Crippen LogP contribution in [0.25, 0.3) is 0 Å². The Morgan fingerprint density at radius 3 is 2.15 bits per heavy atom. The van der Waals surface area contributed by atoms with Gasteiger partial charge in [-0.05, 0) is 33.3 Å². The number of likely N-dealkylation sites (tertiary alicyclic amines) is 1. The van der Waals surface area contributed by atoms with Gasteiger partial charge in [0.25, 0.3) is 0 Å². The van der Waals surface area contributed by atoms with Gasteiger partial charge in [0.05, 0.1) is 0 Å². The molecule has 2 rings (SSSR count). The van der Waals surface area contributed by atoms with Crippen molar-refractivity contribution in [3.05, 3.63) is 35.9 Å². The Hall–Kier alpha value is -2.58. The average molecular weight is 640 g/mol. The number of amides is 3. The number of thioether (sulfide) groups is 1. The van der Waals surface area contributed by atoms with Crippen molar-refractivity contribution >= 4 is 81.3 Å². The molecule has 3 amide bonds. The van der Waals surface area contributed by atoms with Crippen molar-refractivity contribution in [3.8, 4) is 0 Å². The van der Waals surface area contributed by atoms with Gasteiger partial charge in [0.2, 0.25) is 15.6 Å². The number of alkyl halides is 3. The highest BCUT2D eigenvalue weighted by atomic mass is 35.6. The molecule has 3 N–H and O–H groups in total. The van der Waals surface area contributed by atoms with Gasteiger partial charge in [-0.3, -0.25) is 24.6 Å². The van der Waals surface area contributed by atoms with E-state index in [-0.39, 0.29) is 0 Å². The lowest BCUT2D eigenvalue weighted by Gasteiger charge is -2.48. The second-order valence-corrected chi connectivity index (χ2v) is 13.4. The van der Waals surface area contributed by atoms with E-state index in [0.29, 0.717) is 17.3 Å². The number of carbonyl (C=O) groups is 6. The number of hydrogen-bond donors (Lipinski definition) is 3. The van der Waals surface area contributed by atoms with Crippen molar-refractivity contribution in [1.29, 1.82) is 0 Å². The van der Waals surface area contributed by atoms with Crippen molar-refractivity contribution in [3.63, 3.8) is 0 Å². The molecular weight excluding hydrogens is 611 g/mol. The Morgan fingerprint density at radius 1 is 1.05 bits per heavy atom. The third kappa shape index (κ3) is 9.81. The third-order valence-electron chi connectivity index (χ3n) is 5.04. The lowest BCUT2D eigenvalue weighted by molar-refractivity contribution is -0.167. The highest BCUT2D eigenvalue weighted by molar-refractivity contribution is 8.14. The van der Waals surface area contributed by atoms with Gasteiger partial charge in [0, 0.05) is 6.92 Å². The minimum absolute atomic E-state index is 0.423. The molecule has 1 aliphatic rings. The molecule has 1 aromatic rings.